The number of fused-ring (bicyclic) bond motifs is 12. The molecule has 1 aliphatic rings. The van der Waals surface area contributed by atoms with E-state index in [1.54, 1.807) is 0 Å². The molecule has 10 aromatic rings. The number of benzene rings is 6. The molecular weight excluding hydrogens is 532 g/mol. The van der Waals surface area contributed by atoms with E-state index in [9.17, 15) is 0 Å². The fraction of sp³-hybridized carbons (Fsp3) is 0.0476. The van der Waals surface area contributed by atoms with E-state index in [0.29, 0.717) is 5.92 Å². The molecule has 2 nitrogen and oxygen atoms in total. The van der Waals surface area contributed by atoms with E-state index in [0.717, 1.165) is 6.42 Å². The van der Waals surface area contributed by atoms with Gasteiger partial charge in [-0.05, 0) is 59.0 Å². The van der Waals surface area contributed by atoms with Gasteiger partial charge in [0.1, 0.15) is 0 Å². The lowest BCUT2D eigenvalue weighted by Crippen LogP contribution is -2.13. The molecule has 0 radical (unpaired) electrons. The normalized spacial score (nSPS) is 15.1. The van der Waals surface area contributed by atoms with Crippen molar-refractivity contribution in [3.63, 3.8) is 0 Å². The van der Waals surface area contributed by atoms with E-state index in [1.165, 1.54) is 92.9 Å². The molecule has 0 N–H and O–H groups in total. The van der Waals surface area contributed by atoms with Crippen LogP contribution in [0.4, 0.5) is 0 Å². The smallest absolute Gasteiger partial charge is 0.0620 e. The Morgan fingerprint density at radius 3 is 1.98 bits per heavy atom. The van der Waals surface area contributed by atoms with Gasteiger partial charge in [-0.3, -0.25) is 0 Å². The van der Waals surface area contributed by atoms with Crippen molar-refractivity contribution < 1.29 is 0 Å². The zero-order chi connectivity index (χ0) is 28.5. The third-order valence-electron chi connectivity index (χ3n) is 10.3. The van der Waals surface area contributed by atoms with Crippen molar-refractivity contribution >= 4 is 71.5 Å². The van der Waals surface area contributed by atoms with Crippen molar-refractivity contribution in [2.24, 2.45) is 0 Å². The SMILES string of the molecule is C1=c2c3ccccc3n3c2c(c2ccccc23)CC1c1ccc2c3cccc4c5cc(-c6ccccc6)ccc5n(c2c1)c43. The first-order valence-corrected chi connectivity index (χ1v) is 15.5. The van der Waals surface area contributed by atoms with Gasteiger partial charge in [-0.1, -0.05) is 109 Å². The van der Waals surface area contributed by atoms with Gasteiger partial charge < -0.3 is 8.80 Å². The number of hydrogen-bond donors (Lipinski definition) is 0. The minimum atomic E-state index is 0.305. The lowest BCUT2D eigenvalue weighted by atomic mass is 9.86. The highest BCUT2D eigenvalue weighted by Crippen LogP contribution is 2.42. The number of rotatable bonds is 2. The summed E-state index contributed by atoms with van der Waals surface area (Å²) in [5.74, 6) is 0.305. The molecular formula is C42H26N2. The molecule has 0 bridgehead atoms. The van der Waals surface area contributed by atoms with Gasteiger partial charge in [0.2, 0.25) is 0 Å². The van der Waals surface area contributed by atoms with Crippen LogP contribution in [0.2, 0.25) is 0 Å². The Morgan fingerprint density at radius 1 is 0.432 bits per heavy atom. The molecule has 0 saturated heterocycles. The Labute approximate surface area is 253 Å². The zero-order valence-corrected chi connectivity index (χ0v) is 24.0. The second-order valence-corrected chi connectivity index (χ2v) is 12.5. The summed E-state index contributed by atoms with van der Waals surface area (Å²) in [4.78, 5) is 0. The van der Waals surface area contributed by atoms with Gasteiger partial charge in [-0.15, -0.1) is 0 Å². The van der Waals surface area contributed by atoms with Gasteiger partial charge in [0.15, 0.2) is 0 Å². The standard InChI is InChI=1S/C42H26N2/c1-2-9-25(10-3-1)26-18-20-39-34(21-26)33-14-8-13-32-31-19-17-27(24-40(31)44(39)41(32)33)28-22-35-29-11-4-6-15-37(29)43-38-16-7-5-12-30(38)36(23-28)42(35)43/h1-22,24,28H,23H2. The van der Waals surface area contributed by atoms with Crippen LogP contribution in [0.25, 0.3) is 82.6 Å². The molecule has 0 amide bonds. The minimum Gasteiger partial charge on any atom is -0.308 e. The molecule has 4 heterocycles. The molecule has 1 aliphatic carbocycles. The summed E-state index contributed by atoms with van der Waals surface area (Å²) >= 11 is 0. The molecule has 11 rings (SSSR count). The fourth-order valence-corrected chi connectivity index (χ4v) is 8.47. The van der Waals surface area contributed by atoms with Gasteiger partial charge in [-0.25, -0.2) is 0 Å². The van der Waals surface area contributed by atoms with Gasteiger partial charge in [0.05, 0.1) is 33.1 Å². The zero-order valence-electron chi connectivity index (χ0n) is 24.0. The summed E-state index contributed by atoms with van der Waals surface area (Å²) in [6, 6.07) is 49.6. The molecule has 204 valence electrons. The number of aromatic nitrogens is 2. The number of hydrogen-bond acceptors (Lipinski definition) is 0. The van der Waals surface area contributed by atoms with Crippen LogP contribution >= 0.6 is 0 Å². The minimum absolute atomic E-state index is 0.305. The molecule has 0 aliphatic heterocycles. The van der Waals surface area contributed by atoms with E-state index in [1.807, 2.05) is 0 Å². The second kappa shape index (κ2) is 8.06. The van der Waals surface area contributed by atoms with Gasteiger partial charge in [0.25, 0.3) is 0 Å². The Kier molecular flexibility index (Phi) is 4.20. The van der Waals surface area contributed by atoms with Crippen molar-refractivity contribution in [3.05, 3.63) is 150 Å². The largest absolute Gasteiger partial charge is 0.308 e. The van der Waals surface area contributed by atoms with Crippen LogP contribution in [0.1, 0.15) is 17.0 Å². The van der Waals surface area contributed by atoms with E-state index < -0.39 is 0 Å². The second-order valence-electron chi connectivity index (χ2n) is 12.5. The predicted octanol–water partition coefficient (Wildman–Crippen LogP) is 9.90. The van der Waals surface area contributed by atoms with Crippen LogP contribution in [0.3, 0.4) is 0 Å². The van der Waals surface area contributed by atoms with Crippen LogP contribution in [0, 0.1) is 0 Å². The Hall–Kier alpha value is -5.60. The average Bonchev–Trinajstić information content (AvgIpc) is 3.81. The maximum atomic E-state index is 2.54. The fourth-order valence-electron chi connectivity index (χ4n) is 8.47. The summed E-state index contributed by atoms with van der Waals surface area (Å²) in [6.07, 6.45) is 3.55. The summed E-state index contributed by atoms with van der Waals surface area (Å²) in [6.45, 7) is 0. The first-order valence-electron chi connectivity index (χ1n) is 15.5. The lowest BCUT2D eigenvalue weighted by molar-refractivity contribution is 0.878. The van der Waals surface area contributed by atoms with E-state index in [4.69, 9.17) is 0 Å². The maximum absolute atomic E-state index is 2.54. The monoisotopic (exact) mass is 558 g/mol. The van der Waals surface area contributed by atoms with Crippen LogP contribution < -0.4 is 5.22 Å². The number of para-hydroxylation sites is 3. The maximum Gasteiger partial charge on any atom is 0.0620 e. The molecule has 0 saturated carbocycles. The van der Waals surface area contributed by atoms with Gasteiger partial charge >= 0.3 is 0 Å². The summed E-state index contributed by atoms with van der Waals surface area (Å²) in [5.41, 5.74) is 13.3. The highest BCUT2D eigenvalue weighted by Gasteiger charge is 2.26. The predicted molar refractivity (Wildman–Crippen MR) is 185 cm³/mol. The van der Waals surface area contributed by atoms with Crippen LogP contribution in [0.15, 0.2) is 133 Å². The molecule has 44 heavy (non-hydrogen) atoms. The summed E-state index contributed by atoms with van der Waals surface area (Å²) < 4.78 is 5.01. The van der Waals surface area contributed by atoms with Crippen molar-refractivity contribution in [1.82, 2.24) is 8.80 Å². The van der Waals surface area contributed by atoms with E-state index in [-0.39, 0.29) is 0 Å². The molecule has 1 unspecified atom stereocenters. The van der Waals surface area contributed by atoms with Crippen molar-refractivity contribution in [2.75, 3.05) is 0 Å². The first-order chi connectivity index (χ1) is 21.8. The third-order valence-corrected chi connectivity index (χ3v) is 10.3. The molecule has 1 atom stereocenters. The number of nitrogens with zero attached hydrogens (tertiary/aromatic N) is 2. The highest BCUT2D eigenvalue weighted by atomic mass is 14.9. The molecule has 0 fully saturated rings. The quantitative estimate of drug-likeness (QED) is 0.200. The van der Waals surface area contributed by atoms with Gasteiger partial charge in [0, 0.05) is 43.5 Å². The topological polar surface area (TPSA) is 8.82 Å². The Morgan fingerprint density at radius 2 is 1.11 bits per heavy atom. The Bertz CT molecular complexity index is 2850. The van der Waals surface area contributed by atoms with Gasteiger partial charge in [-0.2, -0.15) is 0 Å². The lowest BCUT2D eigenvalue weighted by Gasteiger charge is -2.17. The Balaban J connectivity index is 1.17. The first kappa shape index (κ1) is 22.9. The van der Waals surface area contributed by atoms with E-state index >= 15 is 0 Å². The van der Waals surface area contributed by atoms with Crippen molar-refractivity contribution in [1.29, 1.82) is 0 Å². The van der Waals surface area contributed by atoms with Crippen LogP contribution in [-0.2, 0) is 6.42 Å². The third kappa shape index (κ3) is 2.77. The molecule has 4 aromatic heterocycles. The average molecular weight is 559 g/mol. The van der Waals surface area contributed by atoms with Crippen LogP contribution in [0.5, 0.6) is 0 Å². The molecule has 6 aromatic carbocycles. The van der Waals surface area contributed by atoms with Crippen molar-refractivity contribution in [3.8, 4) is 11.1 Å². The molecule has 0 spiro atoms. The van der Waals surface area contributed by atoms with E-state index in [2.05, 4.69) is 148 Å². The highest BCUT2D eigenvalue weighted by molar-refractivity contribution is 6.23. The summed E-state index contributed by atoms with van der Waals surface area (Å²) in [5, 5.41) is 9.42. The summed E-state index contributed by atoms with van der Waals surface area (Å²) in [7, 11) is 0. The molecule has 2 heteroatoms. The van der Waals surface area contributed by atoms with Crippen molar-refractivity contribution in [2.45, 2.75) is 12.3 Å². The van der Waals surface area contributed by atoms with Crippen LogP contribution in [-0.4, -0.2) is 8.80 Å².